The van der Waals surface area contributed by atoms with Gasteiger partial charge in [-0.1, -0.05) is 0 Å². The fourth-order valence-electron chi connectivity index (χ4n) is 0.883. The summed E-state index contributed by atoms with van der Waals surface area (Å²) in [5, 5.41) is 5.30. The molecule has 14 heavy (non-hydrogen) atoms. The Labute approximate surface area is 82.7 Å². The van der Waals surface area contributed by atoms with Crippen molar-refractivity contribution < 1.29 is 18.0 Å². The minimum absolute atomic E-state index is 0.615. The largest absolute Gasteiger partial charge is 0.471 e. The van der Waals surface area contributed by atoms with E-state index in [0.29, 0.717) is 5.56 Å². The molecule has 1 aromatic rings. The molecule has 0 radical (unpaired) electrons. The fraction of sp³-hybridized carbons (Fsp3) is 0.375. The number of thiophene rings is 1. The van der Waals surface area contributed by atoms with Crippen LogP contribution < -0.4 is 5.32 Å². The molecule has 1 atom stereocenters. The Morgan fingerprint density at radius 1 is 1.57 bits per heavy atom. The molecular weight excluding hydrogens is 215 g/mol. The van der Waals surface area contributed by atoms with Gasteiger partial charge in [0.05, 0.1) is 6.04 Å². The summed E-state index contributed by atoms with van der Waals surface area (Å²) in [7, 11) is 0. The van der Waals surface area contributed by atoms with E-state index in [2.05, 4.69) is 0 Å². The molecule has 0 aliphatic carbocycles. The Morgan fingerprint density at radius 2 is 2.21 bits per heavy atom. The van der Waals surface area contributed by atoms with Gasteiger partial charge in [-0.25, -0.2) is 0 Å². The van der Waals surface area contributed by atoms with Crippen molar-refractivity contribution in [3.63, 3.8) is 0 Å². The molecule has 0 saturated heterocycles. The highest BCUT2D eigenvalue weighted by Crippen LogP contribution is 2.19. The first kappa shape index (κ1) is 11.0. The van der Waals surface area contributed by atoms with E-state index in [4.69, 9.17) is 0 Å². The van der Waals surface area contributed by atoms with Gasteiger partial charge in [-0.15, -0.1) is 0 Å². The first-order valence-electron chi connectivity index (χ1n) is 3.81. The van der Waals surface area contributed by atoms with Crippen LogP contribution in [0.2, 0.25) is 0 Å². The lowest BCUT2D eigenvalue weighted by molar-refractivity contribution is -0.174. The second-order valence-corrected chi connectivity index (χ2v) is 3.53. The molecule has 1 heterocycles. The molecule has 0 aliphatic rings. The topological polar surface area (TPSA) is 29.1 Å². The van der Waals surface area contributed by atoms with Gasteiger partial charge < -0.3 is 5.32 Å². The SMILES string of the molecule is CC(NC(=O)C(F)(F)F)c1ccsc1. The third-order valence-electron chi connectivity index (χ3n) is 1.65. The highest BCUT2D eigenvalue weighted by Gasteiger charge is 2.39. The average molecular weight is 223 g/mol. The molecular formula is C8H8F3NOS. The van der Waals surface area contributed by atoms with Crippen LogP contribution in [-0.2, 0) is 4.79 Å². The number of rotatable bonds is 2. The number of amides is 1. The Hall–Kier alpha value is -1.04. The summed E-state index contributed by atoms with van der Waals surface area (Å²) in [6.45, 7) is 1.51. The van der Waals surface area contributed by atoms with Crippen molar-refractivity contribution in [3.8, 4) is 0 Å². The van der Waals surface area contributed by atoms with Gasteiger partial charge in [0.2, 0.25) is 0 Å². The normalized spacial score (nSPS) is 13.7. The quantitative estimate of drug-likeness (QED) is 0.820. The van der Waals surface area contributed by atoms with E-state index >= 15 is 0 Å². The first-order chi connectivity index (χ1) is 6.41. The van der Waals surface area contributed by atoms with Crippen LogP contribution in [0.15, 0.2) is 16.8 Å². The van der Waals surface area contributed by atoms with Crippen molar-refractivity contribution in [2.24, 2.45) is 0 Å². The minimum atomic E-state index is -4.82. The summed E-state index contributed by atoms with van der Waals surface area (Å²) in [5.74, 6) is -1.91. The van der Waals surface area contributed by atoms with Gasteiger partial charge in [0.25, 0.3) is 0 Å². The second kappa shape index (κ2) is 4.00. The lowest BCUT2D eigenvalue weighted by Crippen LogP contribution is -2.38. The monoisotopic (exact) mass is 223 g/mol. The number of nitrogens with one attached hydrogen (secondary N) is 1. The number of hydrogen-bond acceptors (Lipinski definition) is 2. The summed E-state index contributed by atoms with van der Waals surface area (Å²) >= 11 is 1.37. The summed E-state index contributed by atoms with van der Waals surface area (Å²) in [6.07, 6.45) is -4.82. The molecule has 1 rings (SSSR count). The zero-order valence-electron chi connectivity index (χ0n) is 7.26. The summed E-state index contributed by atoms with van der Waals surface area (Å²) < 4.78 is 35.5. The van der Waals surface area contributed by atoms with Crippen LogP contribution >= 0.6 is 11.3 Å². The Kier molecular flexibility index (Phi) is 3.15. The zero-order chi connectivity index (χ0) is 10.8. The maximum absolute atomic E-state index is 11.8. The van der Waals surface area contributed by atoms with Crippen molar-refractivity contribution in [3.05, 3.63) is 22.4 Å². The Bertz CT molecular complexity index is 307. The van der Waals surface area contributed by atoms with E-state index in [1.165, 1.54) is 18.3 Å². The highest BCUT2D eigenvalue weighted by molar-refractivity contribution is 7.07. The predicted octanol–water partition coefficient (Wildman–Crippen LogP) is 2.49. The van der Waals surface area contributed by atoms with Crippen molar-refractivity contribution in [1.82, 2.24) is 5.32 Å². The van der Waals surface area contributed by atoms with Crippen LogP contribution in [0.25, 0.3) is 0 Å². The fourth-order valence-corrected chi connectivity index (χ4v) is 1.64. The predicted molar refractivity (Wildman–Crippen MR) is 46.9 cm³/mol. The van der Waals surface area contributed by atoms with E-state index in [1.54, 1.807) is 16.8 Å². The summed E-state index contributed by atoms with van der Waals surface area (Å²) in [4.78, 5) is 10.5. The van der Waals surface area contributed by atoms with E-state index in [9.17, 15) is 18.0 Å². The molecule has 1 amide bonds. The van der Waals surface area contributed by atoms with Gasteiger partial charge in [0.1, 0.15) is 0 Å². The van der Waals surface area contributed by atoms with Gasteiger partial charge in [0.15, 0.2) is 0 Å². The highest BCUT2D eigenvalue weighted by atomic mass is 32.1. The van der Waals surface area contributed by atoms with Crippen LogP contribution in [0.3, 0.4) is 0 Å². The van der Waals surface area contributed by atoms with Crippen molar-refractivity contribution in [2.45, 2.75) is 19.1 Å². The second-order valence-electron chi connectivity index (χ2n) is 2.75. The average Bonchev–Trinajstić information content (AvgIpc) is 2.53. The number of halogens is 3. The maximum atomic E-state index is 11.8. The number of hydrogen-bond donors (Lipinski definition) is 1. The first-order valence-corrected chi connectivity index (χ1v) is 4.75. The number of carbonyl (C=O) groups excluding carboxylic acids is 1. The van der Waals surface area contributed by atoms with Gasteiger partial charge >= 0.3 is 12.1 Å². The van der Waals surface area contributed by atoms with Crippen LogP contribution in [-0.4, -0.2) is 12.1 Å². The van der Waals surface area contributed by atoms with Gasteiger partial charge in [0, 0.05) is 0 Å². The molecule has 1 unspecified atom stereocenters. The molecule has 0 fully saturated rings. The molecule has 0 aromatic carbocycles. The molecule has 1 N–H and O–H groups in total. The third kappa shape index (κ3) is 2.73. The van der Waals surface area contributed by atoms with Crippen LogP contribution in [0, 0.1) is 0 Å². The minimum Gasteiger partial charge on any atom is -0.342 e. The summed E-state index contributed by atoms with van der Waals surface area (Å²) in [6, 6.07) is 1.06. The summed E-state index contributed by atoms with van der Waals surface area (Å²) in [5.41, 5.74) is 0.674. The van der Waals surface area contributed by atoms with E-state index in [0.717, 1.165) is 0 Å². The number of alkyl halides is 3. The molecule has 0 spiro atoms. The lowest BCUT2D eigenvalue weighted by atomic mass is 10.2. The molecule has 0 bridgehead atoms. The molecule has 0 saturated carbocycles. The van der Waals surface area contributed by atoms with Crippen molar-refractivity contribution in [2.75, 3.05) is 0 Å². The van der Waals surface area contributed by atoms with E-state index < -0.39 is 18.1 Å². The van der Waals surface area contributed by atoms with Crippen molar-refractivity contribution in [1.29, 1.82) is 0 Å². The molecule has 78 valence electrons. The van der Waals surface area contributed by atoms with E-state index in [-0.39, 0.29) is 0 Å². The maximum Gasteiger partial charge on any atom is 0.471 e. The third-order valence-corrected chi connectivity index (χ3v) is 2.35. The molecule has 1 aromatic heterocycles. The van der Waals surface area contributed by atoms with Crippen LogP contribution in [0.4, 0.5) is 13.2 Å². The van der Waals surface area contributed by atoms with Gasteiger partial charge in [-0.2, -0.15) is 24.5 Å². The Morgan fingerprint density at radius 3 is 2.64 bits per heavy atom. The standard InChI is InChI=1S/C8H8F3NOS/c1-5(6-2-3-14-4-6)12-7(13)8(9,10)11/h2-5H,1H3,(H,12,13). The molecule has 6 heteroatoms. The van der Waals surface area contributed by atoms with Crippen molar-refractivity contribution >= 4 is 17.2 Å². The molecule has 0 aliphatic heterocycles. The van der Waals surface area contributed by atoms with Crippen LogP contribution in [0.5, 0.6) is 0 Å². The van der Waals surface area contributed by atoms with Gasteiger partial charge in [-0.05, 0) is 29.3 Å². The van der Waals surface area contributed by atoms with E-state index in [1.807, 2.05) is 5.32 Å². The molecule has 2 nitrogen and oxygen atoms in total. The zero-order valence-corrected chi connectivity index (χ0v) is 8.08. The van der Waals surface area contributed by atoms with Crippen LogP contribution in [0.1, 0.15) is 18.5 Å². The van der Waals surface area contributed by atoms with Gasteiger partial charge in [-0.3, -0.25) is 4.79 Å². The lowest BCUT2D eigenvalue weighted by Gasteiger charge is -2.13. The Balaban J connectivity index is 2.58. The smallest absolute Gasteiger partial charge is 0.342 e. The number of carbonyl (C=O) groups is 1.